The molecule has 0 aliphatic carbocycles. The lowest BCUT2D eigenvalue weighted by Crippen LogP contribution is -2.26. The van der Waals surface area contributed by atoms with E-state index in [-0.39, 0.29) is 0 Å². The van der Waals surface area contributed by atoms with Crippen LogP contribution in [0.1, 0.15) is 23.6 Å². The van der Waals surface area contributed by atoms with Crippen molar-refractivity contribution in [2.24, 2.45) is 0 Å². The second kappa shape index (κ2) is 7.42. The van der Waals surface area contributed by atoms with Gasteiger partial charge in [-0.05, 0) is 43.0 Å². The molecule has 5 nitrogen and oxygen atoms in total. The van der Waals surface area contributed by atoms with Crippen molar-refractivity contribution in [3.05, 3.63) is 47.3 Å². The second-order valence-corrected chi connectivity index (χ2v) is 5.86. The fourth-order valence-corrected chi connectivity index (χ4v) is 2.98. The number of benzene rings is 1. The highest BCUT2D eigenvalue weighted by Crippen LogP contribution is 2.22. The van der Waals surface area contributed by atoms with Gasteiger partial charge in [0.15, 0.2) is 0 Å². The molecule has 0 saturated carbocycles. The zero-order valence-electron chi connectivity index (χ0n) is 13.9. The normalized spacial score (nSPS) is 14.9. The summed E-state index contributed by atoms with van der Waals surface area (Å²) in [7, 11) is 1.72. The zero-order valence-corrected chi connectivity index (χ0v) is 13.9. The van der Waals surface area contributed by atoms with Crippen LogP contribution in [0.3, 0.4) is 0 Å². The Morgan fingerprint density at radius 1 is 1.13 bits per heavy atom. The lowest BCUT2D eigenvalue weighted by Gasteiger charge is -2.19. The van der Waals surface area contributed by atoms with Crippen LogP contribution in [-0.2, 0) is 19.4 Å². The molecule has 122 valence electrons. The number of hydrogen-bond donors (Lipinski definition) is 1. The van der Waals surface area contributed by atoms with Crippen molar-refractivity contribution < 1.29 is 4.74 Å². The highest BCUT2D eigenvalue weighted by molar-refractivity contribution is 5.36. The lowest BCUT2D eigenvalue weighted by molar-refractivity contribution is 0.278. The first-order valence-electron chi connectivity index (χ1n) is 8.21. The summed E-state index contributed by atoms with van der Waals surface area (Å²) in [4.78, 5) is 11.2. The molecule has 0 atom stereocenters. The molecule has 23 heavy (non-hydrogen) atoms. The summed E-state index contributed by atoms with van der Waals surface area (Å²) in [5.74, 6) is 1.65. The molecule has 1 aliphatic rings. The van der Waals surface area contributed by atoms with E-state index < -0.39 is 0 Å². The second-order valence-electron chi connectivity index (χ2n) is 5.86. The van der Waals surface area contributed by atoms with Crippen molar-refractivity contribution >= 4 is 5.95 Å². The summed E-state index contributed by atoms with van der Waals surface area (Å²) in [6.45, 7) is 5.90. The van der Waals surface area contributed by atoms with E-state index in [0.717, 1.165) is 50.3 Å². The van der Waals surface area contributed by atoms with Crippen molar-refractivity contribution in [1.29, 1.82) is 0 Å². The largest absolute Gasteiger partial charge is 0.497 e. The minimum absolute atomic E-state index is 0.701. The van der Waals surface area contributed by atoms with E-state index in [2.05, 4.69) is 38.4 Å². The Morgan fingerprint density at radius 2 is 1.87 bits per heavy atom. The Balaban J connectivity index is 1.62. The molecule has 2 aromatic rings. The molecule has 3 rings (SSSR count). The van der Waals surface area contributed by atoms with Gasteiger partial charge in [0, 0.05) is 44.1 Å². The van der Waals surface area contributed by atoms with Gasteiger partial charge in [-0.25, -0.2) is 9.97 Å². The summed E-state index contributed by atoms with van der Waals surface area (Å²) >= 11 is 0. The van der Waals surface area contributed by atoms with Crippen LogP contribution in [-0.4, -0.2) is 41.6 Å². The minimum atomic E-state index is 0.701. The highest BCUT2D eigenvalue weighted by atomic mass is 16.5. The van der Waals surface area contributed by atoms with Gasteiger partial charge in [-0.3, -0.25) is 4.90 Å². The maximum Gasteiger partial charge on any atom is 0.222 e. The molecular weight excluding hydrogens is 288 g/mol. The summed E-state index contributed by atoms with van der Waals surface area (Å²) in [6, 6.07) is 6.43. The minimum Gasteiger partial charge on any atom is -0.497 e. The number of hydrogen-bond acceptors (Lipinski definition) is 5. The Hall–Kier alpha value is -2.14. The van der Waals surface area contributed by atoms with Gasteiger partial charge < -0.3 is 10.1 Å². The first-order valence-corrected chi connectivity index (χ1v) is 8.21. The van der Waals surface area contributed by atoms with Crippen LogP contribution in [0.15, 0.2) is 30.6 Å². The quantitative estimate of drug-likeness (QED) is 0.919. The molecule has 0 fully saturated rings. The van der Waals surface area contributed by atoms with Crippen molar-refractivity contribution in [2.45, 2.75) is 26.3 Å². The van der Waals surface area contributed by atoms with Gasteiger partial charge in [0.2, 0.25) is 5.95 Å². The molecule has 1 aromatic heterocycles. The number of nitrogens with one attached hydrogen (secondary N) is 1. The van der Waals surface area contributed by atoms with E-state index in [1.165, 1.54) is 11.1 Å². The number of aromatic nitrogens is 2. The average molecular weight is 312 g/mol. The van der Waals surface area contributed by atoms with Gasteiger partial charge in [0.25, 0.3) is 0 Å². The van der Waals surface area contributed by atoms with Crippen LogP contribution in [0.25, 0.3) is 0 Å². The molecule has 0 amide bonds. The maximum absolute atomic E-state index is 5.34. The van der Waals surface area contributed by atoms with Crippen molar-refractivity contribution in [2.75, 3.05) is 32.1 Å². The molecule has 2 heterocycles. The molecule has 1 N–H and O–H groups in total. The first-order chi connectivity index (χ1) is 11.3. The number of anilines is 1. The molecular formula is C18H24N4O. The monoisotopic (exact) mass is 312 g/mol. The average Bonchev–Trinajstić information content (AvgIpc) is 2.79. The zero-order chi connectivity index (χ0) is 16.1. The molecule has 0 unspecified atom stereocenters. The smallest absolute Gasteiger partial charge is 0.222 e. The Morgan fingerprint density at radius 3 is 2.57 bits per heavy atom. The number of methoxy groups -OCH3 is 1. The van der Waals surface area contributed by atoms with Gasteiger partial charge in [-0.2, -0.15) is 0 Å². The number of nitrogens with zero attached hydrogens (tertiary/aromatic N) is 3. The van der Waals surface area contributed by atoms with Crippen LogP contribution in [0.4, 0.5) is 5.95 Å². The molecule has 0 saturated heterocycles. The molecule has 0 spiro atoms. The SMILES string of the molecule is CCNc1ncc(CN2CCc3ccc(OC)cc3CC2)cn1. The van der Waals surface area contributed by atoms with Gasteiger partial charge >= 0.3 is 0 Å². The number of ether oxygens (including phenoxy) is 1. The summed E-state index contributed by atoms with van der Waals surface area (Å²) in [5, 5.41) is 3.12. The third-order valence-corrected chi connectivity index (χ3v) is 4.25. The van der Waals surface area contributed by atoms with E-state index in [9.17, 15) is 0 Å². The highest BCUT2D eigenvalue weighted by Gasteiger charge is 2.15. The Kier molecular flexibility index (Phi) is 5.08. The van der Waals surface area contributed by atoms with Crippen LogP contribution in [0.5, 0.6) is 5.75 Å². The maximum atomic E-state index is 5.34. The van der Waals surface area contributed by atoms with E-state index in [1.54, 1.807) is 7.11 Å². The third-order valence-electron chi connectivity index (χ3n) is 4.25. The molecule has 0 radical (unpaired) electrons. The Labute approximate surface area is 137 Å². The number of rotatable bonds is 5. The number of fused-ring (bicyclic) bond motifs is 1. The first kappa shape index (κ1) is 15.7. The van der Waals surface area contributed by atoms with Crippen LogP contribution in [0.2, 0.25) is 0 Å². The Bertz CT molecular complexity index is 642. The summed E-state index contributed by atoms with van der Waals surface area (Å²) in [6.07, 6.45) is 5.98. The van der Waals surface area contributed by atoms with Gasteiger partial charge in [0.1, 0.15) is 5.75 Å². The van der Waals surface area contributed by atoms with Gasteiger partial charge in [-0.15, -0.1) is 0 Å². The predicted molar refractivity (Wildman–Crippen MR) is 91.9 cm³/mol. The molecule has 0 bridgehead atoms. The van der Waals surface area contributed by atoms with E-state index in [4.69, 9.17) is 4.74 Å². The van der Waals surface area contributed by atoms with Crippen molar-refractivity contribution in [3.63, 3.8) is 0 Å². The van der Waals surface area contributed by atoms with Gasteiger partial charge in [0.05, 0.1) is 7.11 Å². The van der Waals surface area contributed by atoms with Crippen molar-refractivity contribution in [3.8, 4) is 5.75 Å². The summed E-state index contributed by atoms with van der Waals surface area (Å²) < 4.78 is 5.34. The van der Waals surface area contributed by atoms with E-state index in [0.29, 0.717) is 5.95 Å². The molecule has 1 aliphatic heterocycles. The third kappa shape index (κ3) is 3.99. The molecule has 1 aromatic carbocycles. The van der Waals surface area contributed by atoms with Crippen LogP contribution < -0.4 is 10.1 Å². The summed E-state index contributed by atoms with van der Waals surface area (Å²) in [5.41, 5.74) is 4.01. The van der Waals surface area contributed by atoms with Crippen molar-refractivity contribution in [1.82, 2.24) is 14.9 Å². The fourth-order valence-electron chi connectivity index (χ4n) is 2.98. The van der Waals surface area contributed by atoms with E-state index in [1.807, 2.05) is 19.3 Å². The van der Waals surface area contributed by atoms with Gasteiger partial charge in [-0.1, -0.05) is 6.07 Å². The van der Waals surface area contributed by atoms with Crippen LogP contribution >= 0.6 is 0 Å². The lowest BCUT2D eigenvalue weighted by atomic mass is 10.0. The van der Waals surface area contributed by atoms with E-state index >= 15 is 0 Å². The predicted octanol–water partition coefficient (Wildman–Crippen LogP) is 2.52. The topological polar surface area (TPSA) is 50.3 Å². The fraction of sp³-hybridized carbons (Fsp3) is 0.444. The molecule has 5 heteroatoms. The van der Waals surface area contributed by atoms with Crippen LogP contribution in [0, 0.1) is 0 Å². The standard InChI is InChI=1S/C18H24N4O/c1-3-19-18-20-11-14(12-21-18)13-22-8-6-15-4-5-17(23-2)10-16(15)7-9-22/h4-5,10-12H,3,6-9,13H2,1-2H3,(H,19,20,21).